The van der Waals surface area contributed by atoms with Crippen LogP contribution in [0, 0.1) is 0 Å². The molecule has 0 saturated carbocycles. The molecule has 0 aliphatic carbocycles. The lowest BCUT2D eigenvalue weighted by atomic mass is 10.0. The van der Waals surface area contributed by atoms with Crippen molar-refractivity contribution >= 4 is 35.2 Å². The average molecular weight is 399 g/mol. The highest BCUT2D eigenvalue weighted by Gasteiger charge is 2.38. The minimum atomic E-state index is -1.05. The highest BCUT2D eigenvalue weighted by Crippen LogP contribution is 2.23. The SMILES string of the molecule is C=CC(=O)N1CCN(c2cn3cc(C(=O)NC)ccc3n2)C(=O)C1CCC(=O)O. The summed E-state index contributed by atoms with van der Waals surface area (Å²) < 4.78 is 1.64. The maximum Gasteiger partial charge on any atom is 0.303 e. The van der Waals surface area contributed by atoms with Crippen molar-refractivity contribution in [2.45, 2.75) is 18.9 Å². The van der Waals surface area contributed by atoms with E-state index in [9.17, 15) is 19.2 Å². The van der Waals surface area contributed by atoms with Crippen LogP contribution in [-0.2, 0) is 14.4 Å². The van der Waals surface area contributed by atoms with Gasteiger partial charge in [-0.15, -0.1) is 0 Å². The molecule has 2 aromatic heterocycles. The highest BCUT2D eigenvalue weighted by atomic mass is 16.4. The molecule has 3 heterocycles. The summed E-state index contributed by atoms with van der Waals surface area (Å²) in [5, 5.41) is 11.5. The highest BCUT2D eigenvalue weighted by molar-refractivity contribution is 6.01. The Kier molecular flexibility index (Phi) is 5.62. The fourth-order valence-electron chi connectivity index (χ4n) is 3.32. The average Bonchev–Trinajstić information content (AvgIpc) is 3.14. The minimum Gasteiger partial charge on any atom is -0.481 e. The number of anilines is 1. The van der Waals surface area contributed by atoms with Crippen molar-refractivity contribution in [3.63, 3.8) is 0 Å². The zero-order valence-electron chi connectivity index (χ0n) is 15.9. The molecule has 2 aromatic rings. The summed E-state index contributed by atoms with van der Waals surface area (Å²) in [5.41, 5.74) is 0.989. The van der Waals surface area contributed by atoms with E-state index in [0.717, 1.165) is 6.08 Å². The van der Waals surface area contributed by atoms with E-state index in [2.05, 4.69) is 16.9 Å². The molecular weight excluding hydrogens is 378 g/mol. The third kappa shape index (κ3) is 3.96. The van der Waals surface area contributed by atoms with Crippen LogP contribution in [0.25, 0.3) is 5.65 Å². The van der Waals surface area contributed by atoms with Gasteiger partial charge in [-0.25, -0.2) is 4.98 Å². The van der Waals surface area contributed by atoms with Crippen molar-refractivity contribution < 1.29 is 24.3 Å². The lowest BCUT2D eigenvalue weighted by molar-refractivity contribution is -0.141. The number of carboxylic acids is 1. The van der Waals surface area contributed by atoms with E-state index >= 15 is 0 Å². The first-order valence-electron chi connectivity index (χ1n) is 9.02. The van der Waals surface area contributed by atoms with Crippen molar-refractivity contribution in [1.82, 2.24) is 19.6 Å². The second kappa shape index (κ2) is 8.13. The van der Waals surface area contributed by atoms with Crippen molar-refractivity contribution in [2.24, 2.45) is 0 Å². The number of rotatable bonds is 6. The molecule has 29 heavy (non-hydrogen) atoms. The molecule has 1 unspecified atom stereocenters. The Bertz CT molecular complexity index is 998. The summed E-state index contributed by atoms with van der Waals surface area (Å²) in [7, 11) is 1.53. The molecule has 1 fully saturated rings. The monoisotopic (exact) mass is 399 g/mol. The van der Waals surface area contributed by atoms with E-state index in [1.807, 2.05) is 0 Å². The molecule has 0 spiro atoms. The zero-order chi connectivity index (χ0) is 21.1. The van der Waals surface area contributed by atoms with E-state index in [-0.39, 0.29) is 31.8 Å². The number of hydrogen-bond acceptors (Lipinski definition) is 5. The Morgan fingerprint density at radius 2 is 2.07 bits per heavy atom. The van der Waals surface area contributed by atoms with Gasteiger partial charge in [-0.05, 0) is 24.6 Å². The Morgan fingerprint density at radius 3 is 2.72 bits per heavy atom. The van der Waals surface area contributed by atoms with Crippen LogP contribution in [0.2, 0.25) is 0 Å². The van der Waals surface area contributed by atoms with Crippen LogP contribution >= 0.6 is 0 Å². The zero-order valence-corrected chi connectivity index (χ0v) is 15.9. The van der Waals surface area contributed by atoms with E-state index in [1.54, 1.807) is 28.9 Å². The van der Waals surface area contributed by atoms with E-state index in [1.165, 1.54) is 16.8 Å². The summed E-state index contributed by atoms with van der Waals surface area (Å²) in [6.07, 6.45) is 4.10. The van der Waals surface area contributed by atoms with Gasteiger partial charge in [0.1, 0.15) is 11.7 Å². The summed E-state index contributed by atoms with van der Waals surface area (Å²) in [5.74, 6) is -1.74. The quantitative estimate of drug-likeness (QED) is 0.673. The third-order valence-electron chi connectivity index (χ3n) is 4.79. The lowest BCUT2D eigenvalue weighted by Crippen LogP contribution is -2.58. The fraction of sp³-hybridized carbons (Fsp3) is 0.316. The molecular formula is C19H21N5O5. The minimum absolute atomic E-state index is 0.00155. The van der Waals surface area contributed by atoms with Crippen LogP contribution in [0.5, 0.6) is 0 Å². The van der Waals surface area contributed by atoms with Gasteiger partial charge < -0.3 is 19.7 Å². The Balaban J connectivity index is 1.90. The predicted molar refractivity (Wildman–Crippen MR) is 104 cm³/mol. The number of amides is 3. The molecule has 0 aromatic carbocycles. The number of piperazine rings is 1. The molecule has 2 N–H and O–H groups in total. The molecule has 10 heteroatoms. The number of carboxylic acid groups (broad SMARTS) is 1. The first-order valence-corrected chi connectivity index (χ1v) is 9.02. The second-order valence-electron chi connectivity index (χ2n) is 6.54. The number of aromatic nitrogens is 2. The molecule has 10 nitrogen and oxygen atoms in total. The van der Waals surface area contributed by atoms with Crippen molar-refractivity contribution in [3.05, 3.63) is 42.7 Å². The number of carbonyl (C=O) groups is 4. The smallest absolute Gasteiger partial charge is 0.303 e. The van der Waals surface area contributed by atoms with Crippen molar-refractivity contribution in [1.29, 1.82) is 0 Å². The number of nitrogens with zero attached hydrogens (tertiary/aromatic N) is 4. The second-order valence-corrected chi connectivity index (χ2v) is 6.54. The number of fused-ring (bicyclic) bond motifs is 1. The molecule has 152 valence electrons. The topological polar surface area (TPSA) is 124 Å². The molecule has 1 aliphatic heterocycles. The van der Waals surface area contributed by atoms with E-state index in [0.29, 0.717) is 17.0 Å². The third-order valence-corrected chi connectivity index (χ3v) is 4.79. The largest absolute Gasteiger partial charge is 0.481 e. The van der Waals surface area contributed by atoms with Gasteiger partial charge in [-0.1, -0.05) is 6.58 Å². The number of hydrogen-bond donors (Lipinski definition) is 2. The number of carbonyl (C=O) groups excluding carboxylic acids is 3. The summed E-state index contributed by atoms with van der Waals surface area (Å²) in [6, 6.07) is 2.39. The Labute approximate surface area is 166 Å². The molecule has 1 aliphatic rings. The van der Waals surface area contributed by atoms with E-state index in [4.69, 9.17) is 5.11 Å². The number of imidazole rings is 1. The van der Waals surface area contributed by atoms with Crippen LogP contribution in [0.3, 0.4) is 0 Å². The van der Waals surface area contributed by atoms with Gasteiger partial charge in [0.25, 0.3) is 11.8 Å². The number of pyridine rings is 1. The first kappa shape index (κ1) is 20.1. The van der Waals surface area contributed by atoms with Gasteiger partial charge in [0.15, 0.2) is 5.82 Å². The Hall–Kier alpha value is -3.69. The number of aliphatic carboxylic acids is 1. The van der Waals surface area contributed by atoms with Gasteiger partial charge in [-0.3, -0.25) is 24.1 Å². The molecule has 3 amide bonds. The normalized spacial score (nSPS) is 16.7. The molecule has 3 rings (SSSR count). The van der Waals surface area contributed by atoms with Crippen molar-refractivity contribution in [2.75, 3.05) is 25.0 Å². The van der Waals surface area contributed by atoms with Gasteiger partial charge in [-0.2, -0.15) is 0 Å². The van der Waals surface area contributed by atoms with Crippen LogP contribution in [0.1, 0.15) is 23.2 Å². The standard InChI is InChI=1S/C19H21N5O5/c1-3-16(25)23-8-9-24(19(29)13(23)5-7-17(26)27)15-11-22-10-12(18(28)20-2)4-6-14(22)21-15/h3-4,6,10-11,13H,1,5,7-9H2,2H3,(H,20,28)(H,26,27). The summed E-state index contributed by atoms with van der Waals surface area (Å²) in [6.45, 7) is 3.90. The number of nitrogens with one attached hydrogen (secondary N) is 1. The molecule has 1 atom stereocenters. The molecule has 0 radical (unpaired) electrons. The van der Waals surface area contributed by atoms with Crippen LogP contribution in [0.15, 0.2) is 37.2 Å². The van der Waals surface area contributed by atoms with Crippen LogP contribution in [-0.4, -0.2) is 69.3 Å². The molecule has 1 saturated heterocycles. The summed E-state index contributed by atoms with van der Waals surface area (Å²) in [4.78, 5) is 55.2. The van der Waals surface area contributed by atoms with Gasteiger partial charge in [0.2, 0.25) is 5.91 Å². The van der Waals surface area contributed by atoms with E-state index < -0.39 is 23.8 Å². The van der Waals surface area contributed by atoms with Gasteiger partial charge >= 0.3 is 5.97 Å². The predicted octanol–water partition coefficient (Wildman–Crippen LogP) is 0.289. The Morgan fingerprint density at radius 1 is 1.31 bits per heavy atom. The van der Waals surface area contributed by atoms with Crippen molar-refractivity contribution in [3.8, 4) is 0 Å². The van der Waals surface area contributed by atoms with Gasteiger partial charge in [0.05, 0.1) is 11.8 Å². The fourth-order valence-corrected chi connectivity index (χ4v) is 3.32. The maximum atomic E-state index is 13.1. The lowest BCUT2D eigenvalue weighted by Gasteiger charge is -2.39. The molecule has 0 bridgehead atoms. The first-order chi connectivity index (χ1) is 13.8. The van der Waals surface area contributed by atoms with Gasteiger partial charge in [0, 0.05) is 32.8 Å². The van der Waals surface area contributed by atoms with Crippen LogP contribution in [0.4, 0.5) is 5.82 Å². The summed E-state index contributed by atoms with van der Waals surface area (Å²) >= 11 is 0. The van der Waals surface area contributed by atoms with Crippen LogP contribution < -0.4 is 10.2 Å². The maximum absolute atomic E-state index is 13.1.